The predicted octanol–water partition coefficient (Wildman–Crippen LogP) is 4.44. The Labute approximate surface area is 192 Å². The first-order valence-corrected chi connectivity index (χ1v) is 11.5. The summed E-state index contributed by atoms with van der Waals surface area (Å²) < 4.78 is 27.9. The molecule has 2 N–H and O–H groups in total. The average Bonchev–Trinajstić information content (AvgIpc) is 2.74. The number of nitrogens with one attached hydrogen (secondary N) is 2. The lowest BCUT2D eigenvalue weighted by atomic mass is 10.2. The average molecular weight is 472 g/mol. The number of hydrogen-bond donors (Lipinski definition) is 2. The molecule has 0 saturated heterocycles. The Morgan fingerprint density at radius 2 is 1.56 bits per heavy atom. The summed E-state index contributed by atoms with van der Waals surface area (Å²) in [5.74, 6) is -0.797. The molecule has 0 aromatic heterocycles. The Kier molecular flexibility index (Phi) is 7.17. The van der Waals surface area contributed by atoms with Crippen molar-refractivity contribution in [1.29, 1.82) is 0 Å². The second-order valence-corrected chi connectivity index (χ2v) is 9.36. The Bertz CT molecular complexity index is 1250. The molecule has 3 aromatic carbocycles. The third kappa shape index (κ3) is 5.66. The van der Waals surface area contributed by atoms with Gasteiger partial charge in [-0.25, -0.2) is 8.42 Å². The molecule has 2 amide bonds. The quantitative estimate of drug-likeness (QED) is 0.532. The Balaban J connectivity index is 1.94. The third-order valence-electron chi connectivity index (χ3n) is 4.52. The number of aryl methyl sites for hydroxylation is 1. The first-order chi connectivity index (χ1) is 15.2. The second kappa shape index (κ2) is 9.84. The van der Waals surface area contributed by atoms with Gasteiger partial charge in [-0.2, -0.15) is 0 Å². The zero-order valence-electron chi connectivity index (χ0n) is 17.5. The first-order valence-electron chi connectivity index (χ1n) is 9.68. The normalized spacial score (nSPS) is 11.0. The number of carbonyl (C=O) groups is 2. The van der Waals surface area contributed by atoms with Crippen LogP contribution in [0.2, 0.25) is 5.02 Å². The van der Waals surface area contributed by atoms with Crippen molar-refractivity contribution < 1.29 is 18.0 Å². The van der Waals surface area contributed by atoms with E-state index in [1.54, 1.807) is 61.5 Å². The summed E-state index contributed by atoms with van der Waals surface area (Å²) in [5, 5.41) is 5.67. The topological polar surface area (TPSA) is 95.6 Å². The molecule has 0 saturated carbocycles. The summed E-state index contributed by atoms with van der Waals surface area (Å²) in [6.45, 7) is 2.65. The number of halogens is 1. The SMILES string of the molecule is CC(=O)Nc1cccc(NC(=O)CN(c2cc(Cl)ccc2C)S(=O)(=O)c2ccccc2)c1. The van der Waals surface area contributed by atoms with Gasteiger partial charge in [-0.05, 0) is 55.0 Å². The second-order valence-electron chi connectivity index (χ2n) is 7.07. The number of benzene rings is 3. The summed E-state index contributed by atoms with van der Waals surface area (Å²) in [4.78, 5) is 24.2. The Morgan fingerprint density at radius 3 is 2.22 bits per heavy atom. The third-order valence-corrected chi connectivity index (χ3v) is 6.53. The van der Waals surface area contributed by atoms with Gasteiger partial charge in [0.15, 0.2) is 0 Å². The van der Waals surface area contributed by atoms with Crippen molar-refractivity contribution in [2.24, 2.45) is 0 Å². The van der Waals surface area contributed by atoms with Crippen LogP contribution < -0.4 is 14.9 Å². The summed E-state index contributed by atoms with van der Waals surface area (Å²) in [6, 6.07) is 19.3. The van der Waals surface area contributed by atoms with Crippen LogP contribution in [0.4, 0.5) is 17.1 Å². The van der Waals surface area contributed by atoms with Crippen molar-refractivity contribution in [2.75, 3.05) is 21.5 Å². The summed E-state index contributed by atoms with van der Waals surface area (Å²) in [5.41, 5.74) is 1.88. The highest BCUT2D eigenvalue weighted by Crippen LogP contribution is 2.29. The molecule has 0 unspecified atom stereocenters. The van der Waals surface area contributed by atoms with Crippen molar-refractivity contribution in [3.63, 3.8) is 0 Å². The van der Waals surface area contributed by atoms with Crippen LogP contribution in [0.3, 0.4) is 0 Å². The molecule has 3 aromatic rings. The van der Waals surface area contributed by atoms with Gasteiger partial charge in [0.05, 0.1) is 10.6 Å². The van der Waals surface area contributed by atoms with Crippen LogP contribution in [-0.4, -0.2) is 26.8 Å². The number of sulfonamides is 1. The van der Waals surface area contributed by atoms with Crippen LogP contribution in [-0.2, 0) is 19.6 Å². The van der Waals surface area contributed by atoms with Gasteiger partial charge in [-0.15, -0.1) is 0 Å². The van der Waals surface area contributed by atoms with Crippen LogP contribution in [0.25, 0.3) is 0 Å². The Hall–Kier alpha value is -3.36. The highest BCUT2D eigenvalue weighted by Gasteiger charge is 2.28. The van der Waals surface area contributed by atoms with E-state index in [4.69, 9.17) is 11.6 Å². The van der Waals surface area contributed by atoms with Gasteiger partial charge in [-0.1, -0.05) is 41.9 Å². The van der Waals surface area contributed by atoms with E-state index in [0.717, 1.165) is 4.31 Å². The molecule has 9 heteroatoms. The highest BCUT2D eigenvalue weighted by molar-refractivity contribution is 7.92. The molecule has 0 bridgehead atoms. The van der Waals surface area contributed by atoms with E-state index in [-0.39, 0.29) is 10.8 Å². The molecule has 0 fully saturated rings. The molecule has 0 aliphatic heterocycles. The highest BCUT2D eigenvalue weighted by atomic mass is 35.5. The fourth-order valence-corrected chi connectivity index (χ4v) is 4.74. The number of rotatable bonds is 7. The lowest BCUT2D eigenvalue weighted by molar-refractivity contribution is -0.115. The van der Waals surface area contributed by atoms with E-state index in [1.807, 2.05) is 0 Å². The van der Waals surface area contributed by atoms with Gasteiger partial charge in [0.25, 0.3) is 10.0 Å². The molecule has 3 rings (SSSR count). The molecule has 0 radical (unpaired) electrons. The molecule has 7 nitrogen and oxygen atoms in total. The van der Waals surface area contributed by atoms with E-state index in [2.05, 4.69) is 10.6 Å². The maximum atomic E-state index is 13.4. The lowest BCUT2D eigenvalue weighted by Crippen LogP contribution is -2.38. The smallest absolute Gasteiger partial charge is 0.264 e. The van der Waals surface area contributed by atoms with Crippen LogP contribution in [0, 0.1) is 6.92 Å². The fraction of sp³-hybridized carbons (Fsp3) is 0.130. The maximum Gasteiger partial charge on any atom is 0.264 e. The minimum atomic E-state index is -4.05. The summed E-state index contributed by atoms with van der Waals surface area (Å²) >= 11 is 6.13. The summed E-state index contributed by atoms with van der Waals surface area (Å²) in [7, 11) is -4.05. The number of anilines is 3. The van der Waals surface area contributed by atoms with Gasteiger partial charge in [0, 0.05) is 23.3 Å². The van der Waals surface area contributed by atoms with Crippen molar-refractivity contribution in [3.05, 3.63) is 83.4 Å². The number of nitrogens with zero attached hydrogens (tertiary/aromatic N) is 1. The molecule has 0 aliphatic carbocycles. The zero-order valence-corrected chi connectivity index (χ0v) is 19.1. The zero-order chi connectivity index (χ0) is 23.3. The molecule has 32 heavy (non-hydrogen) atoms. The minimum absolute atomic E-state index is 0.0554. The van der Waals surface area contributed by atoms with E-state index >= 15 is 0 Å². The van der Waals surface area contributed by atoms with Crippen LogP contribution in [0.15, 0.2) is 77.7 Å². The van der Waals surface area contributed by atoms with Crippen molar-refractivity contribution in [1.82, 2.24) is 0 Å². The molecule has 0 heterocycles. The number of hydrogen-bond acceptors (Lipinski definition) is 4. The lowest BCUT2D eigenvalue weighted by Gasteiger charge is -2.26. The largest absolute Gasteiger partial charge is 0.326 e. The van der Waals surface area contributed by atoms with Crippen LogP contribution in [0.1, 0.15) is 12.5 Å². The molecule has 0 atom stereocenters. The van der Waals surface area contributed by atoms with E-state index in [1.165, 1.54) is 25.1 Å². The standard InChI is InChI=1S/C23H22ClN3O4S/c1-16-11-12-18(24)13-22(16)27(32(30,31)21-9-4-3-5-10-21)15-23(29)26-20-8-6-7-19(14-20)25-17(2)28/h3-14H,15H2,1-2H3,(H,25,28)(H,26,29). The maximum absolute atomic E-state index is 13.4. The van der Waals surface area contributed by atoms with Gasteiger partial charge >= 0.3 is 0 Å². The van der Waals surface area contributed by atoms with Crippen LogP contribution >= 0.6 is 11.6 Å². The van der Waals surface area contributed by atoms with Crippen LogP contribution in [0.5, 0.6) is 0 Å². The number of amides is 2. The van der Waals surface area contributed by atoms with Gasteiger partial charge < -0.3 is 10.6 Å². The predicted molar refractivity (Wildman–Crippen MR) is 127 cm³/mol. The monoisotopic (exact) mass is 471 g/mol. The molecular formula is C23H22ClN3O4S. The van der Waals surface area contributed by atoms with Crippen molar-refractivity contribution >= 4 is 50.5 Å². The molecule has 0 spiro atoms. The molecule has 166 valence electrons. The molecule has 0 aliphatic rings. The van der Waals surface area contributed by atoms with E-state index in [0.29, 0.717) is 27.6 Å². The van der Waals surface area contributed by atoms with Crippen molar-refractivity contribution in [2.45, 2.75) is 18.7 Å². The first kappa shape index (κ1) is 23.3. The van der Waals surface area contributed by atoms with Gasteiger partial charge in [-0.3, -0.25) is 13.9 Å². The Morgan fingerprint density at radius 1 is 0.906 bits per heavy atom. The van der Waals surface area contributed by atoms with Gasteiger partial charge in [0.1, 0.15) is 6.54 Å². The fourth-order valence-electron chi connectivity index (χ4n) is 3.08. The number of carbonyl (C=O) groups excluding carboxylic acids is 2. The van der Waals surface area contributed by atoms with E-state index in [9.17, 15) is 18.0 Å². The van der Waals surface area contributed by atoms with E-state index < -0.39 is 22.5 Å². The summed E-state index contributed by atoms with van der Waals surface area (Å²) in [6.07, 6.45) is 0. The molecular weight excluding hydrogens is 450 g/mol. The van der Waals surface area contributed by atoms with Crippen molar-refractivity contribution in [3.8, 4) is 0 Å². The van der Waals surface area contributed by atoms with Gasteiger partial charge in [0.2, 0.25) is 11.8 Å². The minimum Gasteiger partial charge on any atom is -0.326 e.